The molecule has 5 heteroatoms. The van der Waals surface area contributed by atoms with E-state index in [9.17, 15) is 4.79 Å². The van der Waals surface area contributed by atoms with Crippen LogP contribution in [0.25, 0.3) is 11.0 Å². The van der Waals surface area contributed by atoms with Crippen LogP contribution in [0.15, 0.2) is 54.9 Å². The van der Waals surface area contributed by atoms with Gasteiger partial charge < -0.3 is 15.6 Å². The fourth-order valence-electron chi connectivity index (χ4n) is 3.14. The standard InChI is InChI=1S/C18H18N4O/c23-18(22-16-11-20-17-15(16)7-4-8-19-17)21-14-9-13(10-14)12-5-2-1-3-6-12/h1-8,11,13-14H,9-10H2,(H,19,20)(H2,21,22,23). The van der Waals surface area contributed by atoms with Gasteiger partial charge in [-0.15, -0.1) is 0 Å². The van der Waals surface area contributed by atoms with Crippen molar-refractivity contribution in [3.05, 3.63) is 60.4 Å². The molecular formula is C18H18N4O. The minimum atomic E-state index is -0.161. The minimum absolute atomic E-state index is 0.161. The molecule has 116 valence electrons. The molecule has 1 aromatic carbocycles. The first-order chi connectivity index (χ1) is 11.3. The second-order valence-corrected chi connectivity index (χ2v) is 5.98. The molecule has 1 aliphatic rings. The first-order valence-electron chi connectivity index (χ1n) is 7.84. The summed E-state index contributed by atoms with van der Waals surface area (Å²) in [5.74, 6) is 0.554. The molecule has 3 aromatic rings. The average molecular weight is 306 g/mol. The summed E-state index contributed by atoms with van der Waals surface area (Å²) in [6.07, 6.45) is 5.48. The molecule has 0 unspecified atom stereocenters. The molecule has 2 amide bonds. The molecule has 0 saturated heterocycles. The molecule has 0 atom stereocenters. The van der Waals surface area contributed by atoms with Crippen LogP contribution < -0.4 is 10.6 Å². The third-order valence-corrected chi connectivity index (χ3v) is 4.44. The smallest absolute Gasteiger partial charge is 0.319 e. The predicted molar refractivity (Wildman–Crippen MR) is 90.5 cm³/mol. The molecule has 1 saturated carbocycles. The second-order valence-electron chi connectivity index (χ2n) is 5.98. The Morgan fingerprint density at radius 2 is 1.96 bits per heavy atom. The number of carbonyl (C=O) groups is 1. The molecule has 23 heavy (non-hydrogen) atoms. The van der Waals surface area contributed by atoms with Gasteiger partial charge in [-0.05, 0) is 36.5 Å². The van der Waals surface area contributed by atoms with Gasteiger partial charge >= 0.3 is 6.03 Å². The zero-order valence-electron chi connectivity index (χ0n) is 12.6. The summed E-state index contributed by atoms with van der Waals surface area (Å²) in [5.41, 5.74) is 2.88. The quantitative estimate of drug-likeness (QED) is 0.691. The molecule has 0 spiro atoms. The fourth-order valence-corrected chi connectivity index (χ4v) is 3.14. The van der Waals surface area contributed by atoms with Gasteiger partial charge in [0.1, 0.15) is 5.65 Å². The number of nitrogens with one attached hydrogen (secondary N) is 3. The summed E-state index contributed by atoms with van der Waals surface area (Å²) < 4.78 is 0. The Kier molecular flexibility index (Phi) is 3.46. The van der Waals surface area contributed by atoms with E-state index in [4.69, 9.17) is 0 Å². The van der Waals surface area contributed by atoms with Crippen LogP contribution in [0.3, 0.4) is 0 Å². The van der Waals surface area contributed by atoms with Gasteiger partial charge in [0.15, 0.2) is 0 Å². The van der Waals surface area contributed by atoms with Gasteiger partial charge in [-0.2, -0.15) is 0 Å². The summed E-state index contributed by atoms with van der Waals surface area (Å²) in [6, 6.07) is 14.3. The van der Waals surface area contributed by atoms with E-state index in [1.165, 1.54) is 5.56 Å². The molecule has 2 heterocycles. The van der Waals surface area contributed by atoms with E-state index in [2.05, 4.69) is 44.9 Å². The SMILES string of the molecule is O=C(Nc1c[nH]c2ncccc12)NC1CC(c2ccccc2)C1. The number of nitrogens with zero attached hydrogens (tertiary/aromatic N) is 1. The molecule has 5 nitrogen and oxygen atoms in total. The number of pyridine rings is 1. The Morgan fingerprint density at radius 3 is 2.78 bits per heavy atom. The molecule has 0 aliphatic heterocycles. The molecule has 3 N–H and O–H groups in total. The lowest BCUT2D eigenvalue weighted by atomic mass is 9.76. The van der Waals surface area contributed by atoms with Crippen molar-refractivity contribution >= 4 is 22.8 Å². The maximum absolute atomic E-state index is 12.1. The van der Waals surface area contributed by atoms with Crippen LogP contribution in [0.5, 0.6) is 0 Å². The van der Waals surface area contributed by atoms with E-state index < -0.39 is 0 Å². The first kappa shape index (κ1) is 13.8. The van der Waals surface area contributed by atoms with E-state index in [-0.39, 0.29) is 12.1 Å². The number of hydrogen-bond donors (Lipinski definition) is 3. The topological polar surface area (TPSA) is 69.8 Å². The van der Waals surface area contributed by atoms with Crippen LogP contribution in [0, 0.1) is 0 Å². The number of aromatic amines is 1. The second kappa shape index (κ2) is 5.76. The number of anilines is 1. The van der Waals surface area contributed by atoms with Crippen molar-refractivity contribution in [2.75, 3.05) is 5.32 Å². The summed E-state index contributed by atoms with van der Waals surface area (Å²) in [5, 5.41) is 6.85. The molecule has 1 aliphatic carbocycles. The van der Waals surface area contributed by atoms with Crippen LogP contribution >= 0.6 is 0 Å². The molecule has 1 fully saturated rings. The summed E-state index contributed by atoms with van der Waals surface area (Å²) in [6.45, 7) is 0. The van der Waals surface area contributed by atoms with Crippen LogP contribution in [-0.4, -0.2) is 22.0 Å². The maximum Gasteiger partial charge on any atom is 0.319 e. The number of urea groups is 1. The van der Waals surface area contributed by atoms with Crippen LogP contribution in [0.1, 0.15) is 24.3 Å². The van der Waals surface area contributed by atoms with E-state index in [0.29, 0.717) is 5.92 Å². The Balaban J connectivity index is 1.33. The highest BCUT2D eigenvalue weighted by Crippen LogP contribution is 2.36. The Labute approximate surface area is 134 Å². The van der Waals surface area contributed by atoms with Gasteiger partial charge in [0.2, 0.25) is 0 Å². The number of fused-ring (bicyclic) bond motifs is 1. The largest absolute Gasteiger partial charge is 0.344 e. The van der Waals surface area contributed by atoms with E-state index in [1.54, 1.807) is 12.4 Å². The van der Waals surface area contributed by atoms with Crippen molar-refractivity contribution < 1.29 is 4.79 Å². The zero-order valence-corrected chi connectivity index (χ0v) is 12.6. The highest BCUT2D eigenvalue weighted by molar-refractivity contribution is 5.99. The van der Waals surface area contributed by atoms with Crippen molar-refractivity contribution in [3.63, 3.8) is 0 Å². The first-order valence-corrected chi connectivity index (χ1v) is 7.84. The third kappa shape index (κ3) is 2.77. The normalized spacial score (nSPS) is 20.0. The molecule has 4 rings (SSSR count). The van der Waals surface area contributed by atoms with Crippen LogP contribution in [0.2, 0.25) is 0 Å². The van der Waals surface area contributed by atoms with Gasteiger partial charge in [-0.1, -0.05) is 30.3 Å². The third-order valence-electron chi connectivity index (χ3n) is 4.44. The zero-order chi connectivity index (χ0) is 15.6. The number of amides is 2. The summed E-state index contributed by atoms with van der Waals surface area (Å²) in [7, 11) is 0. The van der Waals surface area contributed by atoms with Crippen molar-refractivity contribution in [2.24, 2.45) is 0 Å². The Hall–Kier alpha value is -2.82. The van der Waals surface area contributed by atoms with Crippen molar-refractivity contribution in [1.29, 1.82) is 0 Å². The van der Waals surface area contributed by atoms with Gasteiger partial charge in [0.25, 0.3) is 0 Å². The number of rotatable bonds is 3. The van der Waals surface area contributed by atoms with Gasteiger partial charge in [0, 0.05) is 23.8 Å². The minimum Gasteiger partial charge on any atom is -0.344 e. The molecule has 0 radical (unpaired) electrons. The van der Waals surface area contributed by atoms with E-state index >= 15 is 0 Å². The summed E-state index contributed by atoms with van der Waals surface area (Å²) in [4.78, 5) is 19.4. The predicted octanol–water partition coefficient (Wildman–Crippen LogP) is 3.63. The molecular weight excluding hydrogens is 288 g/mol. The lowest BCUT2D eigenvalue weighted by molar-refractivity contribution is 0.233. The molecule has 0 bridgehead atoms. The lowest BCUT2D eigenvalue weighted by Crippen LogP contribution is -2.45. The van der Waals surface area contributed by atoms with Crippen LogP contribution in [-0.2, 0) is 0 Å². The van der Waals surface area contributed by atoms with Gasteiger partial charge in [0.05, 0.1) is 5.69 Å². The number of aromatic nitrogens is 2. The number of carbonyl (C=O) groups excluding carboxylic acids is 1. The van der Waals surface area contributed by atoms with Gasteiger partial charge in [-0.25, -0.2) is 9.78 Å². The number of benzene rings is 1. The number of hydrogen-bond acceptors (Lipinski definition) is 2. The number of H-pyrrole nitrogens is 1. The Morgan fingerprint density at radius 1 is 1.13 bits per heavy atom. The van der Waals surface area contributed by atoms with Crippen molar-refractivity contribution in [1.82, 2.24) is 15.3 Å². The average Bonchev–Trinajstić information content (AvgIpc) is 2.94. The molecule has 2 aromatic heterocycles. The van der Waals surface area contributed by atoms with Gasteiger partial charge in [-0.3, -0.25) is 0 Å². The highest BCUT2D eigenvalue weighted by Gasteiger charge is 2.31. The van der Waals surface area contributed by atoms with Crippen molar-refractivity contribution in [3.8, 4) is 0 Å². The van der Waals surface area contributed by atoms with E-state index in [1.807, 2.05) is 18.2 Å². The fraction of sp³-hybridized carbons (Fsp3) is 0.222. The monoisotopic (exact) mass is 306 g/mol. The highest BCUT2D eigenvalue weighted by atomic mass is 16.2. The lowest BCUT2D eigenvalue weighted by Gasteiger charge is -2.36. The Bertz CT molecular complexity index is 821. The summed E-state index contributed by atoms with van der Waals surface area (Å²) >= 11 is 0. The maximum atomic E-state index is 12.1. The van der Waals surface area contributed by atoms with Crippen molar-refractivity contribution in [2.45, 2.75) is 24.8 Å². The van der Waals surface area contributed by atoms with E-state index in [0.717, 1.165) is 29.6 Å². The van der Waals surface area contributed by atoms with Crippen LogP contribution in [0.4, 0.5) is 10.5 Å².